The zero-order valence-corrected chi connectivity index (χ0v) is 16.6. The first-order chi connectivity index (χ1) is 15.0. The molecule has 0 fully saturated rings. The molecule has 2 aromatic carbocycles. The fourth-order valence-corrected chi connectivity index (χ4v) is 3.74. The quantitative estimate of drug-likeness (QED) is 0.350. The molecule has 0 saturated heterocycles. The minimum Gasteiger partial charge on any atom is -0.286 e. The van der Waals surface area contributed by atoms with Gasteiger partial charge in [0.05, 0.1) is 56.2 Å². The second kappa shape index (κ2) is 8.31. The average Bonchev–Trinajstić information content (AvgIpc) is 2.74. The van der Waals surface area contributed by atoms with Crippen LogP contribution in [-0.4, -0.2) is 37.8 Å². The van der Waals surface area contributed by atoms with Crippen LogP contribution in [0.15, 0.2) is 60.8 Å². The highest BCUT2D eigenvalue weighted by molar-refractivity contribution is 5.57. The molecule has 2 aromatic rings. The number of rotatable bonds is 7. The van der Waals surface area contributed by atoms with Crippen LogP contribution in [0.3, 0.4) is 0 Å². The van der Waals surface area contributed by atoms with Crippen LogP contribution in [0.4, 0.5) is 22.7 Å². The second-order valence-electron chi connectivity index (χ2n) is 7.22. The smallest absolute Gasteiger partial charge is 0.286 e. The van der Waals surface area contributed by atoms with Gasteiger partial charge in [0, 0.05) is 12.1 Å². The Labute approximate surface area is 181 Å². The molecule has 1 unspecified atom stereocenters. The molecule has 0 N–H and O–H groups in total. The third-order valence-corrected chi connectivity index (χ3v) is 5.19. The van der Waals surface area contributed by atoms with Crippen molar-refractivity contribution in [3.8, 4) is 0 Å². The lowest BCUT2D eigenvalue weighted by Crippen LogP contribution is -2.44. The van der Waals surface area contributed by atoms with Crippen LogP contribution in [0.25, 0.3) is 0 Å². The molecule has 0 bridgehead atoms. The number of non-ortho nitro benzene ring substituents is 2. The van der Waals surface area contributed by atoms with E-state index in [1.165, 1.54) is 12.1 Å². The Morgan fingerprint density at radius 1 is 0.781 bits per heavy atom. The van der Waals surface area contributed by atoms with Crippen molar-refractivity contribution in [2.45, 2.75) is 6.04 Å². The van der Waals surface area contributed by atoms with Gasteiger partial charge in [-0.1, -0.05) is 6.08 Å². The summed E-state index contributed by atoms with van der Waals surface area (Å²) in [7, 11) is 1.68. The minimum atomic E-state index is -1.06. The molecule has 164 valence electrons. The maximum Gasteiger partial charge on any atom is 1.00 e. The fourth-order valence-electron chi connectivity index (χ4n) is 3.74. The Bertz CT molecular complexity index is 1140. The summed E-state index contributed by atoms with van der Waals surface area (Å²) in [4.78, 5) is 42.8. The first-order valence-corrected chi connectivity index (χ1v) is 9.10. The number of allylic oxidation sites excluding steroid dienone is 2. The van der Waals surface area contributed by atoms with E-state index >= 15 is 0 Å². The highest BCUT2D eigenvalue weighted by Gasteiger charge is 2.43. The zero-order valence-electron chi connectivity index (χ0n) is 17.6. The Morgan fingerprint density at radius 3 is 1.59 bits per heavy atom. The van der Waals surface area contributed by atoms with E-state index in [9.17, 15) is 40.5 Å². The number of quaternary nitrogens is 1. The van der Waals surface area contributed by atoms with E-state index < -0.39 is 48.5 Å². The van der Waals surface area contributed by atoms with Crippen LogP contribution in [0.5, 0.6) is 0 Å². The van der Waals surface area contributed by atoms with Crippen LogP contribution in [0.1, 0.15) is 18.6 Å². The van der Waals surface area contributed by atoms with Crippen LogP contribution in [0.2, 0.25) is 0 Å². The first-order valence-electron chi connectivity index (χ1n) is 9.10. The monoisotopic (exact) mass is 443 g/mol. The van der Waals surface area contributed by atoms with Crippen molar-refractivity contribution < 1.29 is 25.6 Å². The summed E-state index contributed by atoms with van der Waals surface area (Å²) in [5.74, 6) is 0. The highest BCUT2D eigenvalue weighted by Crippen LogP contribution is 2.44. The van der Waals surface area contributed by atoms with E-state index in [0.29, 0.717) is 6.54 Å². The van der Waals surface area contributed by atoms with Crippen LogP contribution >= 0.6 is 0 Å². The predicted molar refractivity (Wildman–Crippen MR) is 112 cm³/mol. The van der Waals surface area contributed by atoms with Crippen LogP contribution < -0.4 is 0 Å². The lowest BCUT2D eigenvalue weighted by Gasteiger charge is -2.38. The van der Waals surface area contributed by atoms with Gasteiger partial charge in [-0.05, 0) is 24.3 Å². The molecule has 0 aliphatic carbocycles. The molecule has 1 aliphatic heterocycles. The largest absolute Gasteiger partial charge is 1.00 e. The van der Waals surface area contributed by atoms with Gasteiger partial charge in [-0.3, -0.25) is 44.9 Å². The normalized spacial score (nSPS) is 17.3. The summed E-state index contributed by atoms with van der Waals surface area (Å²) in [5.41, 5.74) is -2.18. The summed E-state index contributed by atoms with van der Waals surface area (Å²) in [6.07, 6.45) is 6.86. The van der Waals surface area contributed by atoms with E-state index in [1.54, 1.807) is 31.5 Å². The van der Waals surface area contributed by atoms with Crippen molar-refractivity contribution in [2.24, 2.45) is 0 Å². The Morgan fingerprint density at radius 2 is 1.25 bits per heavy atom. The summed E-state index contributed by atoms with van der Waals surface area (Å²) in [6, 6.07) is 5.11. The number of benzene rings is 2. The lowest BCUT2D eigenvalue weighted by molar-refractivity contribution is -0.880. The van der Waals surface area contributed by atoms with E-state index in [0.717, 1.165) is 24.3 Å². The highest BCUT2D eigenvalue weighted by atomic mass is 16.6. The fraction of sp³-hybridized carbons (Fsp3) is 0.158. The molecule has 0 aromatic heterocycles. The van der Waals surface area contributed by atoms with Crippen LogP contribution in [-0.2, 0) is 0 Å². The van der Waals surface area contributed by atoms with Crippen molar-refractivity contribution >= 4 is 22.7 Å². The number of hydrogen-bond donors (Lipinski definition) is 0. The van der Waals surface area contributed by atoms with E-state index in [2.05, 4.69) is 0 Å². The Hall–Kier alpha value is -4.52. The van der Waals surface area contributed by atoms with Gasteiger partial charge in [-0.25, -0.2) is 0 Å². The predicted octanol–water partition coefficient (Wildman–Crippen LogP) is 4.05. The molecule has 1 heterocycles. The number of likely N-dealkylation sites (N-methyl/N-ethyl adjacent to an activating group) is 1. The zero-order chi connectivity index (χ0) is 23.6. The van der Waals surface area contributed by atoms with E-state index in [4.69, 9.17) is 0 Å². The average molecular weight is 443 g/mol. The van der Waals surface area contributed by atoms with Gasteiger partial charge in [0.2, 0.25) is 0 Å². The van der Waals surface area contributed by atoms with Gasteiger partial charge in [0.1, 0.15) is 6.54 Å². The van der Waals surface area contributed by atoms with Gasteiger partial charge in [-0.15, -0.1) is 0 Å². The lowest BCUT2D eigenvalue weighted by atomic mass is 9.91. The van der Waals surface area contributed by atoms with Gasteiger partial charge in [0.15, 0.2) is 6.04 Å². The van der Waals surface area contributed by atoms with Crippen LogP contribution in [0, 0.1) is 40.5 Å². The molecular weight excluding hydrogens is 426 g/mol. The maximum atomic E-state index is 11.8. The van der Waals surface area contributed by atoms with Gasteiger partial charge >= 0.3 is 1.43 Å². The van der Waals surface area contributed by atoms with Crippen molar-refractivity contribution in [2.75, 3.05) is 13.6 Å². The number of hydrogen-bond acceptors (Lipinski definition) is 8. The number of nitrogens with zero attached hydrogens (tertiary/aromatic N) is 5. The summed E-state index contributed by atoms with van der Waals surface area (Å²) >= 11 is 0. The van der Waals surface area contributed by atoms with Gasteiger partial charge < -0.3 is 0 Å². The van der Waals surface area contributed by atoms with E-state index in [-0.39, 0.29) is 17.0 Å². The third kappa shape index (κ3) is 4.04. The molecule has 0 amide bonds. The summed E-state index contributed by atoms with van der Waals surface area (Å²) < 4.78 is -0.0756. The maximum absolute atomic E-state index is 11.8. The molecule has 3 rings (SSSR count). The van der Waals surface area contributed by atoms with E-state index in [1.807, 2.05) is 0 Å². The molecular formula is C19H17N5O8+2. The standard InChI is InChI=1S/C19H16N5O8/c1-24(9-3-2-4-10-24)19(15-7-5-13(20(25)26)11-17(15)22(29)30)16-8-6-14(21(27)28)12-18(16)23(31)32/h2-9,11-12,19H,10H2,1H3/q+1/p+1. The first kappa shape index (κ1) is 22.2. The second-order valence-corrected chi connectivity index (χ2v) is 7.22. The molecule has 0 radical (unpaired) electrons. The summed E-state index contributed by atoms with van der Waals surface area (Å²) in [5, 5.41) is 45.9. The molecule has 1 aliphatic rings. The molecule has 13 heteroatoms. The molecule has 0 saturated carbocycles. The Balaban J connectivity index is 0.00000385. The number of nitro benzene ring substituents is 4. The molecule has 1 atom stereocenters. The minimum absolute atomic E-state index is 0. The summed E-state index contributed by atoms with van der Waals surface area (Å²) in [6.45, 7) is 0.295. The van der Waals surface area contributed by atoms with Gasteiger partial charge in [-0.2, -0.15) is 0 Å². The number of nitro groups is 4. The van der Waals surface area contributed by atoms with Gasteiger partial charge in [0.25, 0.3) is 22.7 Å². The van der Waals surface area contributed by atoms with Crippen molar-refractivity contribution in [3.63, 3.8) is 0 Å². The van der Waals surface area contributed by atoms with Crippen molar-refractivity contribution in [1.29, 1.82) is 0 Å². The third-order valence-electron chi connectivity index (χ3n) is 5.19. The molecule has 32 heavy (non-hydrogen) atoms. The van der Waals surface area contributed by atoms with Crippen molar-refractivity contribution in [3.05, 3.63) is 112 Å². The topological polar surface area (TPSA) is 173 Å². The Kier molecular flexibility index (Phi) is 5.76. The van der Waals surface area contributed by atoms with Crippen molar-refractivity contribution in [1.82, 2.24) is 0 Å². The SMILES string of the molecule is C[N+]1(C(c2ccc([N+](=O)[O-])cc2[N+](=O)[O-])c2ccc([N+](=O)[O-])cc2[N+](=O)[O-])C=CC=CC1.[H+]. The molecule has 0 spiro atoms. The molecule has 13 nitrogen and oxygen atoms in total.